The first kappa shape index (κ1) is 14.6. The maximum atomic E-state index is 9.59. The van der Waals surface area contributed by atoms with Gasteiger partial charge in [0.15, 0.2) is 0 Å². The molecule has 0 spiro atoms. The van der Waals surface area contributed by atoms with Gasteiger partial charge in [0.25, 0.3) is 0 Å². The first-order valence-electron chi connectivity index (χ1n) is 7.93. The van der Waals surface area contributed by atoms with E-state index in [1.807, 2.05) is 6.08 Å². The van der Waals surface area contributed by atoms with Gasteiger partial charge >= 0.3 is 0 Å². The van der Waals surface area contributed by atoms with E-state index in [1.54, 1.807) is 6.08 Å². The highest BCUT2D eigenvalue weighted by atomic mass is 16.3. The third-order valence-corrected chi connectivity index (χ3v) is 4.28. The molecule has 1 atom stereocenters. The summed E-state index contributed by atoms with van der Waals surface area (Å²) in [5.41, 5.74) is 4.40. The van der Waals surface area contributed by atoms with Crippen molar-refractivity contribution in [1.82, 2.24) is 0 Å². The smallest absolute Gasteiger partial charge is 0.0933 e. The molecule has 3 nitrogen and oxygen atoms in total. The molecule has 1 unspecified atom stereocenters. The van der Waals surface area contributed by atoms with Crippen LogP contribution in [0.5, 0.6) is 0 Å². The molecular weight excluding hydrogens is 272 g/mol. The predicted molar refractivity (Wildman–Crippen MR) is 92.6 cm³/mol. The number of allylic oxidation sites excluding steroid dienone is 5. The van der Waals surface area contributed by atoms with E-state index in [9.17, 15) is 5.11 Å². The number of rotatable bonds is 4. The number of dihydropyridines is 1. The number of aliphatic hydroxyl groups excluding tert-OH is 1. The van der Waals surface area contributed by atoms with Gasteiger partial charge in [0, 0.05) is 42.4 Å². The molecule has 0 radical (unpaired) electrons. The summed E-state index contributed by atoms with van der Waals surface area (Å²) in [7, 11) is 0. The van der Waals surface area contributed by atoms with Crippen LogP contribution in [0.4, 0.5) is 5.69 Å². The van der Waals surface area contributed by atoms with E-state index < -0.39 is 0 Å². The van der Waals surface area contributed by atoms with Crippen molar-refractivity contribution in [2.24, 2.45) is 10.9 Å². The van der Waals surface area contributed by atoms with Crippen LogP contribution in [0.3, 0.4) is 0 Å². The number of fused-ring (bicyclic) bond motifs is 1. The lowest BCUT2D eigenvalue weighted by atomic mass is 9.92. The third-order valence-electron chi connectivity index (χ3n) is 4.28. The third kappa shape index (κ3) is 2.84. The fourth-order valence-electron chi connectivity index (χ4n) is 2.97. The second-order valence-electron chi connectivity index (χ2n) is 5.64. The molecule has 3 heteroatoms. The van der Waals surface area contributed by atoms with Crippen molar-refractivity contribution in [3.8, 4) is 0 Å². The van der Waals surface area contributed by atoms with E-state index in [2.05, 4.69) is 55.2 Å². The fraction of sp³-hybridized carbons (Fsp3) is 0.316. The van der Waals surface area contributed by atoms with Gasteiger partial charge < -0.3 is 10.0 Å². The average Bonchev–Trinajstić information content (AvgIpc) is 2.56. The highest BCUT2D eigenvalue weighted by Gasteiger charge is 2.20. The van der Waals surface area contributed by atoms with Gasteiger partial charge in [-0.15, -0.1) is 0 Å². The summed E-state index contributed by atoms with van der Waals surface area (Å²) >= 11 is 0. The second-order valence-corrected chi connectivity index (χ2v) is 5.64. The molecule has 0 bridgehead atoms. The predicted octanol–water partition coefficient (Wildman–Crippen LogP) is 4.24. The first-order chi connectivity index (χ1) is 10.7. The minimum atomic E-state index is 0.212. The number of benzene rings is 1. The molecule has 0 saturated heterocycles. The van der Waals surface area contributed by atoms with Gasteiger partial charge in [-0.3, -0.25) is 4.99 Å². The van der Waals surface area contributed by atoms with Gasteiger partial charge in [0.1, 0.15) is 0 Å². The Balaban J connectivity index is 1.85. The van der Waals surface area contributed by atoms with E-state index in [4.69, 9.17) is 4.99 Å². The summed E-state index contributed by atoms with van der Waals surface area (Å²) in [5, 5.41) is 9.59. The second kappa shape index (κ2) is 6.22. The van der Waals surface area contributed by atoms with Crippen LogP contribution in [0.15, 0.2) is 65.0 Å². The monoisotopic (exact) mass is 294 g/mol. The molecule has 1 aliphatic carbocycles. The highest BCUT2D eigenvalue weighted by molar-refractivity contribution is 6.10. The van der Waals surface area contributed by atoms with Crippen LogP contribution in [0.2, 0.25) is 0 Å². The zero-order chi connectivity index (χ0) is 15.5. The maximum absolute atomic E-state index is 9.59. The number of hydrogen-bond donors (Lipinski definition) is 1. The summed E-state index contributed by atoms with van der Waals surface area (Å²) in [5.74, 6) is 0.643. The Hall–Kier alpha value is -2.29. The Morgan fingerprint density at radius 2 is 1.86 bits per heavy atom. The van der Waals surface area contributed by atoms with Crippen molar-refractivity contribution >= 4 is 11.4 Å². The molecule has 0 fully saturated rings. The van der Waals surface area contributed by atoms with Crippen molar-refractivity contribution in [2.45, 2.75) is 20.3 Å². The zero-order valence-corrected chi connectivity index (χ0v) is 13.2. The zero-order valence-electron chi connectivity index (χ0n) is 13.2. The molecule has 1 aromatic rings. The largest absolute Gasteiger partial charge is 0.512 e. The van der Waals surface area contributed by atoms with Crippen LogP contribution < -0.4 is 4.90 Å². The Bertz CT molecular complexity index is 661. The van der Waals surface area contributed by atoms with Gasteiger partial charge in [-0.1, -0.05) is 18.2 Å². The van der Waals surface area contributed by atoms with E-state index in [-0.39, 0.29) is 5.92 Å². The van der Waals surface area contributed by atoms with Gasteiger partial charge in [-0.05, 0) is 44.2 Å². The minimum Gasteiger partial charge on any atom is -0.512 e. The molecule has 1 heterocycles. The number of aliphatic hydroxyl groups is 1. The van der Waals surface area contributed by atoms with E-state index in [0.717, 1.165) is 30.1 Å². The van der Waals surface area contributed by atoms with Crippen LogP contribution in [0, 0.1) is 5.92 Å². The lowest BCUT2D eigenvalue weighted by molar-refractivity contribution is 0.371. The van der Waals surface area contributed by atoms with Gasteiger partial charge in [0.05, 0.1) is 11.5 Å². The first-order valence-corrected chi connectivity index (χ1v) is 7.93. The Morgan fingerprint density at radius 3 is 2.55 bits per heavy atom. The Labute approximate surface area is 132 Å². The summed E-state index contributed by atoms with van der Waals surface area (Å²) in [6, 6.07) is 8.58. The highest BCUT2D eigenvalue weighted by Crippen LogP contribution is 2.30. The minimum absolute atomic E-state index is 0.212. The van der Waals surface area contributed by atoms with Gasteiger partial charge in [-0.2, -0.15) is 0 Å². The number of aliphatic imine (C=N–C) groups is 1. The van der Waals surface area contributed by atoms with Gasteiger partial charge in [0.2, 0.25) is 0 Å². The molecule has 2 aliphatic rings. The lowest BCUT2D eigenvalue weighted by Crippen LogP contribution is -2.21. The van der Waals surface area contributed by atoms with E-state index >= 15 is 0 Å². The molecule has 22 heavy (non-hydrogen) atoms. The molecular formula is C19H22N2O. The Morgan fingerprint density at radius 1 is 1.14 bits per heavy atom. The van der Waals surface area contributed by atoms with Crippen molar-refractivity contribution in [3.05, 3.63) is 65.6 Å². The maximum Gasteiger partial charge on any atom is 0.0933 e. The summed E-state index contributed by atoms with van der Waals surface area (Å²) in [6.45, 7) is 6.37. The molecule has 0 aromatic heterocycles. The van der Waals surface area contributed by atoms with Crippen LogP contribution in [0.25, 0.3) is 0 Å². The number of hydrogen-bond acceptors (Lipinski definition) is 3. The van der Waals surface area contributed by atoms with Gasteiger partial charge in [-0.25, -0.2) is 0 Å². The molecule has 114 valence electrons. The SMILES string of the molecule is CCN(CC)c1ccc(C2=NC3=CC=C(O)CC3C=C2)cc1. The normalized spacial score (nSPS) is 19.9. The quantitative estimate of drug-likeness (QED) is 0.901. The summed E-state index contributed by atoms with van der Waals surface area (Å²) < 4.78 is 0. The molecule has 1 N–H and O–H groups in total. The van der Waals surface area contributed by atoms with Crippen LogP contribution >= 0.6 is 0 Å². The lowest BCUT2D eigenvalue weighted by Gasteiger charge is -2.22. The molecule has 1 aliphatic heterocycles. The van der Waals surface area contributed by atoms with Crippen LogP contribution in [-0.2, 0) is 0 Å². The van der Waals surface area contributed by atoms with E-state index in [0.29, 0.717) is 12.2 Å². The number of nitrogens with zero attached hydrogens (tertiary/aromatic N) is 2. The van der Waals surface area contributed by atoms with Crippen molar-refractivity contribution in [1.29, 1.82) is 0 Å². The van der Waals surface area contributed by atoms with Crippen LogP contribution in [0.1, 0.15) is 25.8 Å². The van der Waals surface area contributed by atoms with Crippen molar-refractivity contribution in [3.63, 3.8) is 0 Å². The summed E-state index contributed by atoms with van der Waals surface area (Å²) in [4.78, 5) is 7.07. The van der Waals surface area contributed by atoms with Crippen molar-refractivity contribution < 1.29 is 5.11 Å². The Kier molecular flexibility index (Phi) is 4.14. The fourth-order valence-corrected chi connectivity index (χ4v) is 2.97. The average molecular weight is 294 g/mol. The van der Waals surface area contributed by atoms with Crippen LogP contribution in [-0.4, -0.2) is 23.9 Å². The molecule has 0 saturated carbocycles. The molecule has 3 rings (SSSR count). The summed E-state index contributed by atoms with van der Waals surface area (Å²) in [6.07, 6.45) is 8.51. The van der Waals surface area contributed by atoms with Crippen molar-refractivity contribution in [2.75, 3.05) is 18.0 Å². The molecule has 0 amide bonds. The van der Waals surface area contributed by atoms with E-state index in [1.165, 1.54) is 5.69 Å². The number of anilines is 1. The molecule has 1 aromatic carbocycles. The standard InChI is InChI=1S/C19H22N2O/c1-3-21(4-2)16-8-5-14(6-9-16)18-11-7-15-13-17(22)10-12-19(15)20-18/h5-12,15,22H,3-4,13H2,1-2H3. The topological polar surface area (TPSA) is 35.8 Å².